The van der Waals surface area contributed by atoms with E-state index >= 15 is 0 Å². The van der Waals surface area contributed by atoms with Gasteiger partial charge in [-0.3, -0.25) is 24.7 Å². The highest BCUT2D eigenvalue weighted by molar-refractivity contribution is 6.31. The number of rotatable bonds is 3. The second-order valence-electron chi connectivity index (χ2n) is 11.0. The minimum absolute atomic E-state index is 0.213. The lowest BCUT2D eigenvalue weighted by Crippen LogP contribution is -2.44. The van der Waals surface area contributed by atoms with E-state index in [9.17, 15) is 24.5 Å². The molecule has 196 valence electrons. The molecule has 1 spiro atoms. The fourth-order valence-electron chi connectivity index (χ4n) is 6.32. The van der Waals surface area contributed by atoms with Crippen molar-refractivity contribution in [2.75, 3.05) is 0 Å². The molecule has 0 saturated carbocycles. The summed E-state index contributed by atoms with van der Waals surface area (Å²) in [6, 6.07) is 17.5. The minimum atomic E-state index is -1.81. The number of nitro benzene ring substituents is 1. The normalized spacial score (nSPS) is 22.4. The summed E-state index contributed by atoms with van der Waals surface area (Å²) in [6.07, 6.45) is 1.60. The van der Waals surface area contributed by atoms with Gasteiger partial charge in [0.2, 0.25) is 0 Å². The quantitative estimate of drug-likeness (QED) is 0.208. The third-order valence-electron chi connectivity index (χ3n) is 7.66. The Morgan fingerprint density at radius 2 is 1.62 bits per heavy atom. The number of hydrogen-bond acceptors (Lipinski definition) is 8. The fourth-order valence-corrected chi connectivity index (χ4v) is 6.32. The molecule has 3 aromatic rings. The van der Waals surface area contributed by atoms with Crippen molar-refractivity contribution in [3.8, 4) is 0 Å². The van der Waals surface area contributed by atoms with Crippen molar-refractivity contribution in [1.82, 2.24) is 5.01 Å². The number of ether oxygens (including phenoxy) is 1. The van der Waals surface area contributed by atoms with Crippen LogP contribution in [-0.2, 0) is 9.53 Å². The SMILES string of the molecule is CC(C)(C)OC(=O)[C@@H]1[C@@H](c2cccc([N+](=O)[O-])c2)C2(C(=O)c3ccccc3C2=O)C2c3ccccc3C=NN21. The molecule has 3 atom stereocenters. The summed E-state index contributed by atoms with van der Waals surface area (Å²) >= 11 is 0. The van der Waals surface area contributed by atoms with Crippen LogP contribution in [0.2, 0.25) is 0 Å². The van der Waals surface area contributed by atoms with E-state index in [0.29, 0.717) is 11.1 Å². The first-order valence-electron chi connectivity index (χ1n) is 12.6. The van der Waals surface area contributed by atoms with Gasteiger partial charge in [0, 0.05) is 29.2 Å². The predicted octanol–water partition coefficient (Wildman–Crippen LogP) is 4.86. The van der Waals surface area contributed by atoms with Gasteiger partial charge in [0.15, 0.2) is 17.6 Å². The van der Waals surface area contributed by atoms with E-state index in [1.54, 1.807) is 57.3 Å². The molecule has 0 amide bonds. The van der Waals surface area contributed by atoms with E-state index in [0.717, 1.165) is 5.56 Å². The van der Waals surface area contributed by atoms with Gasteiger partial charge in [0.05, 0.1) is 17.2 Å². The molecule has 1 saturated heterocycles. The highest BCUT2D eigenvalue weighted by Crippen LogP contribution is 2.64. The molecule has 9 nitrogen and oxygen atoms in total. The number of esters is 1. The molecule has 3 aromatic carbocycles. The van der Waals surface area contributed by atoms with Gasteiger partial charge in [-0.2, -0.15) is 5.10 Å². The highest BCUT2D eigenvalue weighted by Gasteiger charge is 2.73. The Bertz CT molecular complexity index is 1570. The van der Waals surface area contributed by atoms with E-state index in [-0.39, 0.29) is 16.8 Å². The summed E-state index contributed by atoms with van der Waals surface area (Å²) in [5.41, 5.74) is -0.676. The topological polar surface area (TPSA) is 119 Å². The molecule has 1 unspecified atom stereocenters. The maximum absolute atomic E-state index is 14.6. The summed E-state index contributed by atoms with van der Waals surface area (Å²) in [7, 11) is 0. The van der Waals surface area contributed by atoms with Crippen molar-refractivity contribution >= 4 is 29.4 Å². The Morgan fingerprint density at radius 3 is 2.26 bits per heavy atom. The lowest BCUT2D eigenvalue weighted by atomic mass is 9.63. The van der Waals surface area contributed by atoms with Crippen molar-refractivity contribution in [3.63, 3.8) is 0 Å². The summed E-state index contributed by atoms with van der Waals surface area (Å²) in [5, 5.41) is 17.9. The number of carbonyl (C=O) groups is 3. The minimum Gasteiger partial charge on any atom is -0.458 e. The van der Waals surface area contributed by atoms with Crippen LogP contribution in [0.15, 0.2) is 77.9 Å². The second kappa shape index (κ2) is 8.42. The van der Waals surface area contributed by atoms with Crippen LogP contribution in [0.25, 0.3) is 0 Å². The lowest BCUT2D eigenvalue weighted by molar-refractivity contribution is -0.384. The smallest absolute Gasteiger partial charge is 0.331 e. The zero-order valence-corrected chi connectivity index (χ0v) is 21.5. The average Bonchev–Trinajstić information content (AvgIpc) is 3.34. The van der Waals surface area contributed by atoms with Crippen LogP contribution in [0, 0.1) is 15.5 Å². The number of hydrazone groups is 1. The van der Waals surface area contributed by atoms with Crippen molar-refractivity contribution in [2.24, 2.45) is 10.5 Å². The average molecular weight is 524 g/mol. The number of Topliss-reactive ketones (excluding diaryl/α,β-unsaturated/α-hetero) is 2. The predicted molar refractivity (Wildman–Crippen MR) is 142 cm³/mol. The molecule has 2 heterocycles. The molecule has 6 rings (SSSR count). The number of fused-ring (bicyclic) bond motifs is 5. The van der Waals surface area contributed by atoms with Gasteiger partial charge in [0.25, 0.3) is 5.69 Å². The third-order valence-corrected chi connectivity index (χ3v) is 7.66. The van der Waals surface area contributed by atoms with Crippen LogP contribution in [0.1, 0.15) is 70.1 Å². The molecule has 0 N–H and O–H groups in total. The van der Waals surface area contributed by atoms with Gasteiger partial charge in [-0.05, 0) is 37.5 Å². The monoisotopic (exact) mass is 523 g/mol. The molecule has 1 fully saturated rings. The Morgan fingerprint density at radius 1 is 0.974 bits per heavy atom. The summed E-state index contributed by atoms with van der Waals surface area (Å²) in [5.74, 6) is -2.66. The molecule has 1 aliphatic carbocycles. The van der Waals surface area contributed by atoms with E-state index in [2.05, 4.69) is 5.10 Å². The molecule has 0 aromatic heterocycles. The largest absolute Gasteiger partial charge is 0.458 e. The zero-order valence-electron chi connectivity index (χ0n) is 21.5. The van der Waals surface area contributed by atoms with Crippen molar-refractivity contribution in [3.05, 3.63) is 111 Å². The highest BCUT2D eigenvalue weighted by atomic mass is 16.6. The first-order chi connectivity index (χ1) is 18.6. The number of ketones is 2. The number of nitro groups is 1. The first kappa shape index (κ1) is 24.7. The van der Waals surface area contributed by atoms with Gasteiger partial charge in [-0.25, -0.2) is 4.79 Å². The van der Waals surface area contributed by atoms with Gasteiger partial charge in [-0.15, -0.1) is 0 Å². The Hall–Kier alpha value is -4.66. The van der Waals surface area contributed by atoms with Crippen LogP contribution >= 0.6 is 0 Å². The molecule has 9 heteroatoms. The maximum Gasteiger partial charge on any atom is 0.331 e. The molecule has 0 radical (unpaired) electrons. The van der Waals surface area contributed by atoms with Gasteiger partial charge < -0.3 is 4.74 Å². The number of benzene rings is 3. The third kappa shape index (κ3) is 3.46. The standard InChI is InChI=1S/C30H25N3O6/c1-29(2,3)39-28(36)24-23(17-10-8-11-19(15-17)33(37)38)30(26(34)21-13-6-7-14-22(21)27(30)35)25-20-12-5-4-9-18(20)16-31-32(24)25/h4-16,23-25H,1-3H3/t23-,24+,25?/m1/s1. The molecule has 3 aliphatic rings. The first-order valence-corrected chi connectivity index (χ1v) is 12.6. The molecular weight excluding hydrogens is 498 g/mol. The summed E-state index contributed by atoms with van der Waals surface area (Å²) < 4.78 is 5.83. The molecule has 2 aliphatic heterocycles. The van der Waals surface area contributed by atoms with Crippen LogP contribution in [0.4, 0.5) is 5.69 Å². The van der Waals surface area contributed by atoms with Crippen molar-refractivity contribution in [1.29, 1.82) is 0 Å². The summed E-state index contributed by atoms with van der Waals surface area (Å²) in [4.78, 5) is 54.3. The van der Waals surface area contributed by atoms with Crippen molar-refractivity contribution < 1.29 is 24.0 Å². The molecule has 0 bridgehead atoms. The van der Waals surface area contributed by atoms with Crippen LogP contribution in [-0.4, -0.2) is 45.3 Å². The van der Waals surface area contributed by atoms with Crippen LogP contribution in [0.5, 0.6) is 0 Å². The second-order valence-corrected chi connectivity index (χ2v) is 11.0. The number of hydrogen-bond donors (Lipinski definition) is 0. The van der Waals surface area contributed by atoms with E-state index in [1.807, 2.05) is 24.3 Å². The van der Waals surface area contributed by atoms with Gasteiger partial charge in [-0.1, -0.05) is 60.7 Å². The lowest BCUT2D eigenvalue weighted by Gasteiger charge is -2.36. The number of carbonyl (C=O) groups excluding carboxylic acids is 3. The van der Waals surface area contributed by atoms with Gasteiger partial charge >= 0.3 is 5.97 Å². The van der Waals surface area contributed by atoms with E-state index < -0.39 is 51.5 Å². The maximum atomic E-state index is 14.6. The van der Waals surface area contributed by atoms with Gasteiger partial charge in [0.1, 0.15) is 11.0 Å². The Labute approximate surface area is 224 Å². The fraction of sp³-hybridized carbons (Fsp3) is 0.267. The number of nitrogens with zero attached hydrogens (tertiary/aromatic N) is 3. The van der Waals surface area contributed by atoms with Crippen LogP contribution in [0.3, 0.4) is 0 Å². The van der Waals surface area contributed by atoms with E-state index in [4.69, 9.17) is 4.74 Å². The Kier molecular flexibility index (Phi) is 5.33. The molecular formula is C30H25N3O6. The summed E-state index contributed by atoms with van der Waals surface area (Å²) in [6.45, 7) is 5.18. The zero-order chi connectivity index (χ0) is 27.7. The van der Waals surface area contributed by atoms with Crippen LogP contribution < -0.4 is 0 Å². The Balaban J connectivity index is 1.69. The number of non-ortho nitro benzene ring substituents is 1. The molecule has 39 heavy (non-hydrogen) atoms. The van der Waals surface area contributed by atoms with E-state index in [1.165, 1.54) is 23.2 Å². The van der Waals surface area contributed by atoms with Crippen molar-refractivity contribution in [2.45, 2.75) is 44.4 Å².